The molecule has 1 aromatic carbocycles. The van der Waals surface area contributed by atoms with Crippen LogP contribution in [0.15, 0.2) is 38.3 Å². The topological polar surface area (TPSA) is 110 Å². The number of benzene rings is 1. The summed E-state index contributed by atoms with van der Waals surface area (Å²) >= 11 is 2.52. The lowest BCUT2D eigenvalue weighted by Gasteiger charge is -2.09. The lowest BCUT2D eigenvalue weighted by Crippen LogP contribution is -2.09. The number of thiophene rings is 1. The van der Waals surface area contributed by atoms with Gasteiger partial charge in [-0.25, -0.2) is 8.42 Å². The number of sulfone groups is 1. The number of nitrogen functional groups attached to an aromatic ring is 2. The molecule has 1 aromatic heterocycles. The first kappa shape index (κ1) is 15.9. The van der Waals surface area contributed by atoms with Crippen LogP contribution in [-0.4, -0.2) is 20.5 Å². The maximum Gasteiger partial charge on any atom is 0.208 e. The Morgan fingerprint density at radius 1 is 1.33 bits per heavy atom. The molecule has 0 spiro atoms. The van der Waals surface area contributed by atoms with E-state index in [9.17, 15) is 8.42 Å². The summed E-state index contributed by atoms with van der Waals surface area (Å²) < 4.78 is 26.3. The molecule has 1 heterocycles. The number of hydrogen-bond donors (Lipinski definition) is 3. The molecular formula is C13H15N3O2S3. The molecule has 112 valence electrons. The molecule has 8 heteroatoms. The van der Waals surface area contributed by atoms with E-state index in [1.54, 1.807) is 25.3 Å². The summed E-state index contributed by atoms with van der Waals surface area (Å²) in [5.41, 5.74) is 12.2. The Hall–Kier alpha value is -1.51. The number of nitrogens with two attached hydrogens (primary N) is 2. The van der Waals surface area contributed by atoms with Crippen LogP contribution in [0.3, 0.4) is 0 Å². The molecule has 0 unspecified atom stereocenters. The summed E-state index contributed by atoms with van der Waals surface area (Å²) in [6, 6.07) is 6.28. The number of amidine groups is 1. The van der Waals surface area contributed by atoms with Crippen molar-refractivity contribution in [3.8, 4) is 0 Å². The highest BCUT2D eigenvalue weighted by Crippen LogP contribution is 2.38. The molecule has 0 aliphatic carbocycles. The lowest BCUT2D eigenvalue weighted by molar-refractivity contribution is 0.594. The third-order valence-electron chi connectivity index (χ3n) is 3.02. The van der Waals surface area contributed by atoms with Crippen molar-refractivity contribution in [2.45, 2.75) is 20.9 Å². The predicted octanol–water partition coefficient (Wildman–Crippen LogP) is 2.48. The van der Waals surface area contributed by atoms with Gasteiger partial charge in [0.25, 0.3) is 0 Å². The number of thioether (sulfide) groups is 1. The quantitative estimate of drug-likeness (QED) is 0.342. The monoisotopic (exact) mass is 341 g/mol. The van der Waals surface area contributed by atoms with Crippen LogP contribution in [0.25, 0.3) is 0 Å². The number of rotatable bonds is 4. The maximum absolute atomic E-state index is 12.8. The third kappa shape index (κ3) is 2.78. The predicted molar refractivity (Wildman–Crippen MR) is 88.2 cm³/mol. The second-order valence-electron chi connectivity index (χ2n) is 4.35. The van der Waals surface area contributed by atoms with Crippen LogP contribution in [0.1, 0.15) is 10.4 Å². The first-order valence-electron chi connectivity index (χ1n) is 5.91. The van der Waals surface area contributed by atoms with Crippen LogP contribution in [-0.2, 0) is 9.84 Å². The molecule has 5 nitrogen and oxygen atoms in total. The van der Waals surface area contributed by atoms with Crippen molar-refractivity contribution in [3.63, 3.8) is 0 Å². The van der Waals surface area contributed by atoms with Gasteiger partial charge in [0.15, 0.2) is 0 Å². The molecule has 21 heavy (non-hydrogen) atoms. The van der Waals surface area contributed by atoms with Crippen LogP contribution in [0.4, 0.5) is 5.69 Å². The fourth-order valence-electron chi connectivity index (χ4n) is 1.86. The van der Waals surface area contributed by atoms with Gasteiger partial charge in [0.05, 0.1) is 18.9 Å². The summed E-state index contributed by atoms with van der Waals surface area (Å²) in [5.74, 6) is -0.138. The van der Waals surface area contributed by atoms with E-state index in [1.807, 2.05) is 0 Å². The van der Waals surface area contributed by atoms with Crippen molar-refractivity contribution in [2.24, 2.45) is 5.73 Å². The van der Waals surface area contributed by atoms with Crippen molar-refractivity contribution in [2.75, 3.05) is 12.0 Å². The van der Waals surface area contributed by atoms with E-state index in [2.05, 4.69) is 0 Å². The van der Waals surface area contributed by atoms with Crippen LogP contribution in [0.5, 0.6) is 0 Å². The fraction of sp³-hybridized carbons (Fsp3) is 0.154. The SMILES string of the molecule is CSc1sc(C(=N)N)cc1S(=O)(=O)c1cccc(N)c1C. The van der Waals surface area contributed by atoms with Gasteiger partial charge in [0, 0.05) is 5.69 Å². The molecule has 0 aliphatic rings. The normalized spacial score (nSPS) is 11.5. The van der Waals surface area contributed by atoms with Crippen molar-refractivity contribution in [1.82, 2.24) is 0 Å². The Kier molecular flexibility index (Phi) is 4.31. The van der Waals surface area contributed by atoms with E-state index in [4.69, 9.17) is 16.9 Å². The van der Waals surface area contributed by atoms with Gasteiger partial charge in [-0.15, -0.1) is 23.1 Å². The van der Waals surface area contributed by atoms with Gasteiger partial charge < -0.3 is 11.5 Å². The Morgan fingerprint density at radius 2 is 2.00 bits per heavy atom. The first-order chi connectivity index (χ1) is 9.78. The van der Waals surface area contributed by atoms with E-state index in [0.29, 0.717) is 20.3 Å². The van der Waals surface area contributed by atoms with Gasteiger partial charge >= 0.3 is 0 Å². The minimum absolute atomic E-state index is 0.138. The third-order valence-corrected chi connectivity index (χ3v) is 7.51. The molecule has 2 aromatic rings. The zero-order valence-electron chi connectivity index (χ0n) is 11.5. The van der Waals surface area contributed by atoms with E-state index < -0.39 is 9.84 Å². The van der Waals surface area contributed by atoms with Gasteiger partial charge in [-0.2, -0.15) is 0 Å². The summed E-state index contributed by atoms with van der Waals surface area (Å²) in [6.45, 7) is 1.68. The summed E-state index contributed by atoms with van der Waals surface area (Å²) in [4.78, 5) is 0.809. The van der Waals surface area contributed by atoms with Crippen LogP contribution in [0, 0.1) is 12.3 Å². The molecule has 0 saturated heterocycles. The number of anilines is 1. The van der Waals surface area contributed by atoms with Crippen molar-refractivity contribution >= 4 is 44.5 Å². The molecule has 5 N–H and O–H groups in total. The average molecular weight is 341 g/mol. The second-order valence-corrected chi connectivity index (χ2v) is 8.37. The largest absolute Gasteiger partial charge is 0.398 e. The number of nitrogens with one attached hydrogen (secondary N) is 1. The highest BCUT2D eigenvalue weighted by molar-refractivity contribution is 8.01. The fourth-order valence-corrected chi connectivity index (χ4v) is 5.99. The lowest BCUT2D eigenvalue weighted by atomic mass is 10.2. The smallest absolute Gasteiger partial charge is 0.208 e. The molecule has 2 rings (SSSR count). The molecule has 0 amide bonds. The van der Waals surface area contributed by atoms with E-state index >= 15 is 0 Å². The van der Waals surface area contributed by atoms with Gasteiger partial charge in [0.1, 0.15) is 5.84 Å². The molecule has 0 saturated carbocycles. The van der Waals surface area contributed by atoms with E-state index in [-0.39, 0.29) is 15.6 Å². The van der Waals surface area contributed by atoms with Crippen molar-refractivity contribution in [1.29, 1.82) is 5.41 Å². The average Bonchev–Trinajstić information content (AvgIpc) is 2.86. The first-order valence-corrected chi connectivity index (χ1v) is 9.44. The standard InChI is InChI=1S/C13H15N3O2S3/c1-7-8(14)4-3-5-10(7)21(17,18)11-6-9(12(15)16)20-13(11)19-2/h3-6H,14H2,1-2H3,(H3,15,16). The van der Waals surface area contributed by atoms with E-state index in [1.165, 1.54) is 35.2 Å². The van der Waals surface area contributed by atoms with Crippen LogP contribution in [0.2, 0.25) is 0 Å². The summed E-state index contributed by atoms with van der Waals surface area (Å²) in [6.07, 6.45) is 1.79. The molecule has 0 fully saturated rings. The van der Waals surface area contributed by atoms with Gasteiger partial charge in [-0.3, -0.25) is 5.41 Å². The Morgan fingerprint density at radius 3 is 2.57 bits per heavy atom. The van der Waals surface area contributed by atoms with Gasteiger partial charge in [-0.05, 0) is 36.9 Å². The molecule has 0 bridgehead atoms. The zero-order chi connectivity index (χ0) is 15.8. The minimum Gasteiger partial charge on any atom is -0.398 e. The van der Waals surface area contributed by atoms with Crippen molar-refractivity contribution < 1.29 is 8.42 Å². The van der Waals surface area contributed by atoms with Crippen LogP contribution < -0.4 is 11.5 Å². The highest BCUT2D eigenvalue weighted by atomic mass is 32.2. The Balaban J connectivity index is 2.69. The van der Waals surface area contributed by atoms with Crippen molar-refractivity contribution in [3.05, 3.63) is 34.7 Å². The highest BCUT2D eigenvalue weighted by Gasteiger charge is 2.26. The Labute approximate surface area is 131 Å². The Bertz CT molecular complexity index is 810. The zero-order valence-corrected chi connectivity index (χ0v) is 14.0. The van der Waals surface area contributed by atoms with Gasteiger partial charge in [0.2, 0.25) is 9.84 Å². The summed E-state index contributed by atoms with van der Waals surface area (Å²) in [7, 11) is -3.69. The molecule has 0 aliphatic heterocycles. The molecule has 0 radical (unpaired) electrons. The van der Waals surface area contributed by atoms with Crippen LogP contribution >= 0.6 is 23.1 Å². The molecule has 0 atom stereocenters. The number of hydrogen-bond acceptors (Lipinski definition) is 6. The minimum atomic E-state index is -3.69. The molecular weight excluding hydrogens is 326 g/mol. The maximum atomic E-state index is 12.8. The van der Waals surface area contributed by atoms with E-state index in [0.717, 1.165) is 0 Å². The second kappa shape index (κ2) is 5.70. The summed E-state index contributed by atoms with van der Waals surface area (Å²) in [5, 5.41) is 7.47. The van der Waals surface area contributed by atoms with Gasteiger partial charge in [-0.1, -0.05) is 6.07 Å².